The summed E-state index contributed by atoms with van der Waals surface area (Å²) in [6, 6.07) is 17.9. The summed E-state index contributed by atoms with van der Waals surface area (Å²) in [4.78, 5) is 20.6. The molecule has 0 aliphatic carbocycles. The smallest absolute Gasteiger partial charge is 0.226 e. The number of benzene rings is 1. The summed E-state index contributed by atoms with van der Waals surface area (Å²) in [6.45, 7) is 2.61. The van der Waals surface area contributed by atoms with Crippen molar-refractivity contribution in [3.05, 3.63) is 80.7 Å². The van der Waals surface area contributed by atoms with Gasteiger partial charge in [-0.3, -0.25) is 9.78 Å². The first kappa shape index (κ1) is 21.9. The van der Waals surface area contributed by atoms with Gasteiger partial charge in [0.2, 0.25) is 5.91 Å². The van der Waals surface area contributed by atoms with Crippen molar-refractivity contribution in [2.75, 3.05) is 11.9 Å². The molecule has 160 valence electrons. The number of rotatable bonds is 7. The molecule has 1 amide bonds. The van der Waals surface area contributed by atoms with Gasteiger partial charge in [-0.1, -0.05) is 31.2 Å². The molecular weight excluding hydrogens is 492 g/mol. The molecule has 2 N–H and O–H groups in total. The predicted molar refractivity (Wildman–Crippen MR) is 133 cm³/mol. The standard InChI is InChI=1S/C23H23BrN4OS2/c1-2-15-7-3-4-8-16(15)26-20(29)12-14-28-22(18-10-11-19(24)31-18)21(27-23(28)30)17-9-5-6-13-25-17/h3-11,13,21-22H,2,12,14H2,1H3,(H,26,29)(H,27,30)/t21-,22-/m1/s1. The van der Waals surface area contributed by atoms with Gasteiger partial charge >= 0.3 is 0 Å². The van der Waals surface area contributed by atoms with E-state index in [1.165, 1.54) is 4.88 Å². The van der Waals surface area contributed by atoms with Crippen molar-refractivity contribution in [2.24, 2.45) is 0 Å². The van der Waals surface area contributed by atoms with Gasteiger partial charge in [-0.2, -0.15) is 0 Å². The van der Waals surface area contributed by atoms with Crippen LogP contribution in [0.25, 0.3) is 0 Å². The van der Waals surface area contributed by atoms with Crippen LogP contribution in [-0.2, 0) is 11.2 Å². The van der Waals surface area contributed by atoms with E-state index in [1.54, 1.807) is 17.5 Å². The highest BCUT2D eigenvalue weighted by Crippen LogP contribution is 2.42. The summed E-state index contributed by atoms with van der Waals surface area (Å²) < 4.78 is 1.06. The fourth-order valence-corrected chi connectivity index (χ4v) is 5.73. The Kier molecular flexibility index (Phi) is 6.99. The van der Waals surface area contributed by atoms with Crippen LogP contribution in [0.4, 0.5) is 5.69 Å². The highest BCUT2D eigenvalue weighted by Gasteiger charge is 2.40. The molecule has 4 rings (SSSR count). The topological polar surface area (TPSA) is 57.3 Å². The zero-order chi connectivity index (χ0) is 21.8. The van der Waals surface area contributed by atoms with Gasteiger partial charge in [0.05, 0.1) is 21.6 Å². The lowest BCUT2D eigenvalue weighted by Gasteiger charge is -2.26. The largest absolute Gasteiger partial charge is 0.352 e. The average molecular weight is 516 g/mol. The molecule has 2 aromatic heterocycles. The van der Waals surface area contributed by atoms with Crippen LogP contribution in [0, 0.1) is 0 Å². The number of carbonyl (C=O) groups is 1. The minimum atomic E-state index is -0.0665. The van der Waals surface area contributed by atoms with Crippen LogP contribution in [0.5, 0.6) is 0 Å². The lowest BCUT2D eigenvalue weighted by Crippen LogP contribution is -2.32. The number of hydrogen-bond donors (Lipinski definition) is 2. The molecule has 5 nitrogen and oxygen atoms in total. The Balaban J connectivity index is 1.52. The quantitative estimate of drug-likeness (QED) is 0.409. The number of pyridine rings is 1. The summed E-state index contributed by atoms with van der Waals surface area (Å²) in [6.07, 6.45) is 3.01. The van der Waals surface area contributed by atoms with Crippen molar-refractivity contribution < 1.29 is 4.79 Å². The zero-order valence-electron chi connectivity index (χ0n) is 17.0. The van der Waals surface area contributed by atoms with E-state index in [9.17, 15) is 4.79 Å². The second-order valence-corrected chi connectivity index (χ2v) is 10.2. The van der Waals surface area contributed by atoms with E-state index in [0.29, 0.717) is 18.1 Å². The Morgan fingerprint density at radius 1 is 1.23 bits per heavy atom. The number of carbonyl (C=O) groups excluding carboxylic acids is 1. The number of anilines is 1. The molecule has 31 heavy (non-hydrogen) atoms. The Hall–Kier alpha value is -2.29. The van der Waals surface area contributed by atoms with E-state index in [2.05, 4.69) is 49.4 Å². The van der Waals surface area contributed by atoms with E-state index >= 15 is 0 Å². The molecule has 1 aliphatic rings. The van der Waals surface area contributed by atoms with Gasteiger partial charge in [0.25, 0.3) is 0 Å². The zero-order valence-corrected chi connectivity index (χ0v) is 20.3. The Morgan fingerprint density at radius 3 is 2.74 bits per heavy atom. The van der Waals surface area contributed by atoms with Crippen LogP contribution in [0.2, 0.25) is 0 Å². The van der Waals surface area contributed by atoms with E-state index < -0.39 is 0 Å². The molecular formula is C23H23BrN4OS2. The van der Waals surface area contributed by atoms with Crippen molar-refractivity contribution in [3.63, 3.8) is 0 Å². The van der Waals surface area contributed by atoms with Crippen LogP contribution >= 0.6 is 39.5 Å². The van der Waals surface area contributed by atoms with Crippen molar-refractivity contribution in [1.82, 2.24) is 15.2 Å². The maximum absolute atomic E-state index is 12.7. The van der Waals surface area contributed by atoms with Crippen molar-refractivity contribution >= 4 is 56.2 Å². The maximum atomic E-state index is 12.7. The summed E-state index contributed by atoms with van der Waals surface area (Å²) in [5.74, 6) is -0.0175. The fourth-order valence-electron chi connectivity index (χ4n) is 3.83. The van der Waals surface area contributed by atoms with Crippen LogP contribution < -0.4 is 10.6 Å². The number of nitrogens with one attached hydrogen (secondary N) is 2. The Morgan fingerprint density at radius 2 is 2.03 bits per heavy atom. The third-order valence-corrected chi connectivity index (χ3v) is 7.38. The molecule has 0 radical (unpaired) electrons. The van der Waals surface area contributed by atoms with Gasteiger partial charge in [-0.15, -0.1) is 11.3 Å². The van der Waals surface area contributed by atoms with Crippen LogP contribution in [0.3, 0.4) is 0 Å². The molecule has 1 aromatic carbocycles. The number of hydrogen-bond acceptors (Lipinski definition) is 4. The summed E-state index contributed by atoms with van der Waals surface area (Å²) >= 11 is 10.9. The molecule has 1 saturated heterocycles. The fraction of sp³-hybridized carbons (Fsp3) is 0.261. The number of amides is 1. The highest BCUT2D eigenvalue weighted by atomic mass is 79.9. The summed E-state index contributed by atoms with van der Waals surface area (Å²) in [5.41, 5.74) is 2.94. The second kappa shape index (κ2) is 9.89. The normalized spacial score (nSPS) is 18.1. The third kappa shape index (κ3) is 4.97. The molecule has 0 spiro atoms. The summed E-state index contributed by atoms with van der Waals surface area (Å²) in [5, 5.41) is 7.12. The van der Waals surface area contributed by atoms with Gasteiger partial charge in [0.1, 0.15) is 0 Å². The third-order valence-electron chi connectivity index (χ3n) is 5.34. The average Bonchev–Trinajstić information content (AvgIpc) is 3.35. The first-order chi connectivity index (χ1) is 15.1. The van der Waals surface area contributed by atoms with E-state index in [1.807, 2.05) is 48.5 Å². The number of aromatic nitrogens is 1. The molecule has 1 fully saturated rings. The molecule has 0 bridgehead atoms. The van der Waals surface area contributed by atoms with Crippen molar-refractivity contribution in [1.29, 1.82) is 0 Å². The van der Waals surface area contributed by atoms with Gasteiger partial charge in [-0.05, 0) is 70.5 Å². The molecule has 3 aromatic rings. The number of nitrogens with zero attached hydrogens (tertiary/aromatic N) is 2. The molecule has 1 aliphatic heterocycles. The lowest BCUT2D eigenvalue weighted by molar-refractivity contribution is -0.116. The van der Waals surface area contributed by atoms with Crippen LogP contribution in [0.1, 0.15) is 41.6 Å². The molecule has 2 atom stereocenters. The van der Waals surface area contributed by atoms with Crippen molar-refractivity contribution in [2.45, 2.75) is 31.8 Å². The van der Waals surface area contributed by atoms with Gasteiger partial charge < -0.3 is 15.5 Å². The van der Waals surface area contributed by atoms with Crippen LogP contribution in [0.15, 0.2) is 64.6 Å². The van der Waals surface area contributed by atoms with E-state index in [4.69, 9.17) is 12.2 Å². The monoisotopic (exact) mass is 514 g/mol. The first-order valence-electron chi connectivity index (χ1n) is 10.2. The second-order valence-electron chi connectivity index (χ2n) is 7.27. The van der Waals surface area contributed by atoms with Crippen LogP contribution in [-0.4, -0.2) is 27.4 Å². The number of thiophene rings is 1. The lowest BCUT2D eigenvalue weighted by atomic mass is 10.0. The Labute approximate surface area is 200 Å². The summed E-state index contributed by atoms with van der Waals surface area (Å²) in [7, 11) is 0. The van der Waals surface area contributed by atoms with E-state index in [0.717, 1.165) is 27.2 Å². The van der Waals surface area contributed by atoms with Crippen molar-refractivity contribution in [3.8, 4) is 0 Å². The number of thiocarbonyl (C=S) groups is 1. The number of halogens is 1. The SMILES string of the molecule is CCc1ccccc1NC(=O)CCN1C(=S)N[C@H](c2ccccn2)[C@H]1c1ccc(Br)s1. The maximum Gasteiger partial charge on any atom is 0.226 e. The Bertz CT molecular complexity index is 1070. The van der Waals surface area contributed by atoms with Gasteiger partial charge in [0, 0.05) is 29.7 Å². The number of aryl methyl sites for hydroxylation is 1. The molecule has 0 saturated carbocycles. The van der Waals surface area contributed by atoms with Gasteiger partial charge in [0.15, 0.2) is 5.11 Å². The van der Waals surface area contributed by atoms with Gasteiger partial charge in [-0.25, -0.2) is 0 Å². The highest BCUT2D eigenvalue weighted by molar-refractivity contribution is 9.11. The first-order valence-corrected chi connectivity index (χ1v) is 12.2. The molecule has 8 heteroatoms. The minimum Gasteiger partial charge on any atom is -0.352 e. The molecule has 0 unspecified atom stereocenters. The predicted octanol–water partition coefficient (Wildman–Crippen LogP) is 5.47. The minimum absolute atomic E-state index is 0.0175. The number of para-hydroxylation sites is 1. The van der Waals surface area contributed by atoms with E-state index in [-0.39, 0.29) is 18.0 Å². The molecule has 3 heterocycles.